The first kappa shape index (κ1) is 34.0. The largest absolute Gasteiger partial charge is 0.493 e. The summed E-state index contributed by atoms with van der Waals surface area (Å²) in [6, 6.07) is 12.2. The zero-order valence-corrected chi connectivity index (χ0v) is 26.8. The number of benzene rings is 3. The number of carbonyl (C=O) groups excluding carboxylic acids is 2. The molecule has 13 heteroatoms. The molecular weight excluding hydrogens is 620 g/mol. The average Bonchev–Trinajstić information content (AvgIpc) is 2.98. The van der Waals surface area contributed by atoms with Gasteiger partial charge in [-0.15, -0.1) is 0 Å². The lowest BCUT2D eigenvalue weighted by Crippen LogP contribution is -2.52. The van der Waals surface area contributed by atoms with Crippen molar-refractivity contribution in [2.45, 2.75) is 50.7 Å². The summed E-state index contributed by atoms with van der Waals surface area (Å²) in [5.41, 5.74) is 0.532. The molecule has 3 aromatic rings. The Labute approximate surface area is 261 Å². The van der Waals surface area contributed by atoms with Crippen LogP contribution in [0, 0.1) is 5.82 Å². The van der Waals surface area contributed by atoms with Gasteiger partial charge < -0.3 is 19.7 Å². The Hall–Kier alpha value is -3.54. The Balaban J connectivity index is 2.08. The summed E-state index contributed by atoms with van der Waals surface area (Å²) in [5, 5.41) is 3.52. The van der Waals surface area contributed by atoms with E-state index >= 15 is 0 Å². The first-order valence-electron chi connectivity index (χ1n) is 13.4. The number of hydrogen-bond acceptors (Lipinski definition) is 6. The molecule has 232 valence electrons. The lowest BCUT2D eigenvalue weighted by molar-refractivity contribution is -0.139. The number of ether oxygens (including phenoxy) is 2. The van der Waals surface area contributed by atoms with Crippen molar-refractivity contribution in [3.05, 3.63) is 82.1 Å². The van der Waals surface area contributed by atoms with Crippen LogP contribution < -0.4 is 19.1 Å². The predicted octanol–water partition coefficient (Wildman–Crippen LogP) is 5.68. The van der Waals surface area contributed by atoms with Crippen molar-refractivity contribution in [1.82, 2.24) is 10.2 Å². The highest BCUT2D eigenvalue weighted by atomic mass is 35.5. The second-order valence-electron chi connectivity index (χ2n) is 9.76. The zero-order valence-electron chi connectivity index (χ0n) is 24.4. The molecule has 9 nitrogen and oxygen atoms in total. The molecule has 0 radical (unpaired) electrons. The van der Waals surface area contributed by atoms with Crippen LogP contribution in [0.2, 0.25) is 10.0 Å². The second kappa shape index (κ2) is 14.8. The van der Waals surface area contributed by atoms with E-state index < -0.39 is 40.2 Å². The third-order valence-electron chi connectivity index (χ3n) is 6.86. The van der Waals surface area contributed by atoms with Gasteiger partial charge in [-0.05, 0) is 74.4 Å². The van der Waals surface area contributed by atoms with Crippen molar-refractivity contribution in [3.63, 3.8) is 0 Å². The van der Waals surface area contributed by atoms with Gasteiger partial charge in [0, 0.05) is 28.7 Å². The number of hydrogen-bond donors (Lipinski definition) is 1. The Morgan fingerprint density at radius 2 is 1.60 bits per heavy atom. The maximum atomic E-state index is 14.0. The van der Waals surface area contributed by atoms with Gasteiger partial charge in [0.05, 0.1) is 24.8 Å². The van der Waals surface area contributed by atoms with Crippen LogP contribution in [-0.4, -0.2) is 58.0 Å². The minimum atomic E-state index is -4.42. The Kier molecular flexibility index (Phi) is 11.7. The van der Waals surface area contributed by atoms with E-state index in [1.165, 1.54) is 55.5 Å². The highest BCUT2D eigenvalue weighted by molar-refractivity contribution is 7.92. The molecule has 0 spiro atoms. The first-order valence-corrected chi connectivity index (χ1v) is 15.6. The van der Waals surface area contributed by atoms with Gasteiger partial charge in [0.1, 0.15) is 18.4 Å². The standard InChI is InChI=1S/C30H34Cl2FN3O6S/c1-6-19(2)34-30(38)20(3)35(17-21-7-8-22(31)15-26(21)32)29(37)18-36(24-11-9-23(33)10-12-24)43(39,40)25-13-14-27(41-4)28(16-25)42-5/h7-16,19-20H,6,17-18H2,1-5H3,(H,34,38)/t19-,20+/m1/s1. The van der Waals surface area contributed by atoms with E-state index in [1.54, 1.807) is 19.1 Å². The third-order valence-corrected chi connectivity index (χ3v) is 9.22. The van der Waals surface area contributed by atoms with E-state index in [0.717, 1.165) is 16.4 Å². The van der Waals surface area contributed by atoms with Gasteiger partial charge in [-0.25, -0.2) is 12.8 Å². The Bertz CT molecular complexity index is 1560. The molecule has 0 aliphatic rings. The summed E-state index contributed by atoms with van der Waals surface area (Å²) in [7, 11) is -1.65. The second-order valence-corrected chi connectivity index (χ2v) is 12.5. The van der Waals surface area contributed by atoms with Gasteiger partial charge in [-0.3, -0.25) is 13.9 Å². The summed E-state index contributed by atoms with van der Waals surface area (Å²) in [5.74, 6) is -1.26. The number of sulfonamides is 1. The van der Waals surface area contributed by atoms with Gasteiger partial charge in [-0.1, -0.05) is 36.2 Å². The minimum absolute atomic E-state index is 0.0331. The smallest absolute Gasteiger partial charge is 0.264 e. The van der Waals surface area contributed by atoms with Crippen molar-refractivity contribution < 1.29 is 31.9 Å². The number of nitrogens with one attached hydrogen (secondary N) is 1. The number of halogens is 3. The molecule has 3 rings (SSSR count). The first-order chi connectivity index (χ1) is 20.3. The number of amides is 2. The molecule has 2 atom stereocenters. The van der Waals surface area contributed by atoms with Crippen LogP contribution in [0.5, 0.6) is 11.5 Å². The van der Waals surface area contributed by atoms with E-state index in [4.69, 9.17) is 32.7 Å². The molecule has 0 heterocycles. The zero-order chi connectivity index (χ0) is 31.9. The molecule has 0 aliphatic carbocycles. The minimum Gasteiger partial charge on any atom is -0.493 e. The lowest BCUT2D eigenvalue weighted by atomic mass is 10.1. The topological polar surface area (TPSA) is 105 Å². The number of rotatable bonds is 13. The van der Waals surface area contributed by atoms with Crippen LogP contribution in [0.15, 0.2) is 65.6 Å². The monoisotopic (exact) mass is 653 g/mol. The maximum absolute atomic E-state index is 14.0. The van der Waals surface area contributed by atoms with E-state index in [0.29, 0.717) is 22.8 Å². The lowest BCUT2D eigenvalue weighted by Gasteiger charge is -2.32. The molecular formula is C30H34Cl2FN3O6S. The molecule has 0 bridgehead atoms. The van der Waals surface area contributed by atoms with Crippen LogP contribution in [0.4, 0.5) is 10.1 Å². The molecule has 0 saturated heterocycles. The normalized spacial score (nSPS) is 12.7. The third kappa shape index (κ3) is 8.31. The number of methoxy groups -OCH3 is 2. The van der Waals surface area contributed by atoms with Crippen LogP contribution in [0.25, 0.3) is 0 Å². The summed E-state index contributed by atoms with van der Waals surface area (Å²) in [4.78, 5) is 28.2. The molecule has 43 heavy (non-hydrogen) atoms. The number of anilines is 1. The van der Waals surface area contributed by atoms with Gasteiger partial charge >= 0.3 is 0 Å². The van der Waals surface area contributed by atoms with Crippen molar-refractivity contribution in [2.75, 3.05) is 25.1 Å². The number of nitrogens with zero attached hydrogens (tertiary/aromatic N) is 2. The van der Waals surface area contributed by atoms with Crippen LogP contribution >= 0.6 is 23.2 Å². The van der Waals surface area contributed by atoms with Crippen molar-refractivity contribution in [1.29, 1.82) is 0 Å². The summed E-state index contributed by atoms with van der Waals surface area (Å²) in [6.45, 7) is 4.46. The molecule has 1 N–H and O–H groups in total. The SMILES string of the molecule is CC[C@@H](C)NC(=O)[C@H](C)N(Cc1ccc(Cl)cc1Cl)C(=O)CN(c1ccc(F)cc1)S(=O)(=O)c1ccc(OC)c(OC)c1. The predicted molar refractivity (Wildman–Crippen MR) is 165 cm³/mol. The van der Waals surface area contributed by atoms with Gasteiger partial charge in [0.2, 0.25) is 11.8 Å². The average molecular weight is 655 g/mol. The van der Waals surface area contributed by atoms with E-state index in [9.17, 15) is 22.4 Å². The van der Waals surface area contributed by atoms with Crippen molar-refractivity contribution >= 4 is 50.7 Å². The Morgan fingerprint density at radius 3 is 2.19 bits per heavy atom. The fourth-order valence-corrected chi connectivity index (χ4v) is 6.02. The molecule has 0 unspecified atom stereocenters. The van der Waals surface area contributed by atoms with E-state index in [1.807, 2.05) is 13.8 Å². The fourth-order valence-electron chi connectivity index (χ4n) is 4.12. The quantitative estimate of drug-likeness (QED) is 0.255. The fraction of sp³-hybridized carbons (Fsp3) is 0.333. The molecule has 0 fully saturated rings. The summed E-state index contributed by atoms with van der Waals surface area (Å²) >= 11 is 12.5. The van der Waals surface area contributed by atoms with Gasteiger partial charge in [-0.2, -0.15) is 0 Å². The van der Waals surface area contributed by atoms with E-state index in [-0.39, 0.29) is 33.9 Å². The Morgan fingerprint density at radius 1 is 0.953 bits per heavy atom. The molecule has 2 amide bonds. The van der Waals surface area contributed by atoms with Crippen LogP contribution in [0.3, 0.4) is 0 Å². The van der Waals surface area contributed by atoms with Gasteiger partial charge in [0.15, 0.2) is 11.5 Å². The van der Waals surface area contributed by atoms with Crippen LogP contribution in [-0.2, 0) is 26.2 Å². The summed E-state index contributed by atoms with van der Waals surface area (Å²) < 4.78 is 53.3. The maximum Gasteiger partial charge on any atom is 0.264 e. The number of carbonyl (C=O) groups is 2. The summed E-state index contributed by atoms with van der Waals surface area (Å²) in [6.07, 6.45) is 0.664. The van der Waals surface area contributed by atoms with Crippen LogP contribution in [0.1, 0.15) is 32.8 Å². The van der Waals surface area contributed by atoms with E-state index in [2.05, 4.69) is 5.32 Å². The van der Waals surface area contributed by atoms with Gasteiger partial charge in [0.25, 0.3) is 10.0 Å². The molecule has 0 saturated carbocycles. The molecule has 0 aromatic heterocycles. The molecule has 3 aromatic carbocycles. The van der Waals surface area contributed by atoms with Crippen molar-refractivity contribution in [3.8, 4) is 11.5 Å². The van der Waals surface area contributed by atoms with Crippen molar-refractivity contribution in [2.24, 2.45) is 0 Å². The highest BCUT2D eigenvalue weighted by Gasteiger charge is 2.33. The highest BCUT2D eigenvalue weighted by Crippen LogP contribution is 2.32. The molecule has 0 aliphatic heterocycles.